The molecule has 0 radical (unpaired) electrons. The van der Waals surface area contributed by atoms with E-state index in [-0.39, 0.29) is 23.5 Å². The summed E-state index contributed by atoms with van der Waals surface area (Å²) < 4.78 is 5.33. The first-order valence-electron chi connectivity index (χ1n) is 8.67. The largest absolute Gasteiger partial charge is 0.337 e. The van der Waals surface area contributed by atoms with Gasteiger partial charge in [-0.05, 0) is 37.5 Å². The number of hydrogen-bond donors (Lipinski definition) is 1. The minimum atomic E-state index is -0.338. The molecule has 0 unspecified atom stereocenters. The molecule has 0 aliphatic carbocycles. The fourth-order valence-electron chi connectivity index (χ4n) is 2.99. The Morgan fingerprint density at radius 1 is 1.36 bits per heavy atom. The lowest BCUT2D eigenvalue weighted by Crippen LogP contribution is -2.40. The number of urea groups is 1. The van der Waals surface area contributed by atoms with E-state index >= 15 is 0 Å². The standard InChI is InChI=1S/C18H25N5O2/c1-12(15-21-16(22-25-15)18(2,3)4)20-17(24)23-11-5-6-14(23)13-7-9-19-10-8-13/h7-10,12,14H,5-6,11H2,1-4H3,(H,20,24)/t12-,14+/m1/s1. The molecular weight excluding hydrogens is 318 g/mol. The van der Waals surface area contributed by atoms with Crippen LogP contribution in [0.15, 0.2) is 29.0 Å². The molecule has 7 nitrogen and oxygen atoms in total. The van der Waals surface area contributed by atoms with E-state index in [9.17, 15) is 4.79 Å². The van der Waals surface area contributed by atoms with Crippen molar-refractivity contribution >= 4 is 6.03 Å². The predicted molar refractivity (Wildman–Crippen MR) is 92.9 cm³/mol. The normalized spacial score (nSPS) is 19.0. The van der Waals surface area contributed by atoms with Gasteiger partial charge in [-0.1, -0.05) is 25.9 Å². The van der Waals surface area contributed by atoms with Crippen molar-refractivity contribution in [2.45, 2.75) is 58.0 Å². The summed E-state index contributed by atoms with van der Waals surface area (Å²) in [6, 6.07) is 3.57. The number of aromatic nitrogens is 3. The number of pyridine rings is 1. The minimum Gasteiger partial charge on any atom is -0.337 e. The van der Waals surface area contributed by atoms with Gasteiger partial charge in [0.05, 0.1) is 6.04 Å². The molecule has 2 aromatic heterocycles. The summed E-state index contributed by atoms with van der Waals surface area (Å²) in [6.07, 6.45) is 5.47. The monoisotopic (exact) mass is 343 g/mol. The molecule has 1 aliphatic rings. The SMILES string of the molecule is C[C@@H](NC(=O)N1CCC[C@H]1c1ccncc1)c1nc(C(C)(C)C)no1. The van der Waals surface area contributed by atoms with Crippen LogP contribution in [0.2, 0.25) is 0 Å². The lowest BCUT2D eigenvalue weighted by Gasteiger charge is -2.26. The highest BCUT2D eigenvalue weighted by atomic mass is 16.5. The Balaban J connectivity index is 1.68. The first-order valence-corrected chi connectivity index (χ1v) is 8.67. The average Bonchev–Trinajstić information content (AvgIpc) is 3.24. The van der Waals surface area contributed by atoms with Crippen LogP contribution in [0.25, 0.3) is 0 Å². The third kappa shape index (κ3) is 3.81. The molecule has 7 heteroatoms. The van der Waals surface area contributed by atoms with Gasteiger partial charge in [0.1, 0.15) is 6.04 Å². The van der Waals surface area contributed by atoms with Crippen LogP contribution in [0.3, 0.4) is 0 Å². The highest BCUT2D eigenvalue weighted by Crippen LogP contribution is 2.31. The van der Waals surface area contributed by atoms with Gasteiger partial charge in [-0.2, -0.15) is 4.98 Å². The second-order valence-electron chi connectivity index (χ2n) is 7.51. The summed E-state index contributed by atoms with van der Waals surface area (Å²) in [5.74, 6) is 1.07. The summed E-state index contributed by atoms with van der Waals surface area (Å²) in [5.41, 5.74) is 0.926. The molecule has 134 valence electrons. The fourth-order valence-corrected chi connectivity index (χ4v) is 2.99. The number of nitrogens with zero attached hydrogens (tertiary/aromatic N) is 4. The van der Waals surface area contributed by atoms with Gasteiger partial charge in [-0.15, -0.1) is 0 Å². The van der Waals surface area contributed by atoms with Crippen LogP contribution in [0, 0.1) is 0 Å². The first-order chi connectivity index (χ1) is 11.9. The van der Waals surface area contributed by atoms with Gasteiger partial charge in [-0.25, -0.2) is 4.79 Å². The zero-order valence-corrected chi connectivity index (χ0v) is 15.2. The van der Waals surface area contributed by atoms with Crippen molar-refractivity contribution in [1.29, 1.82) is 0 Å². The summed E-state index contributed by atoms with van der Waals surface area (Å²) in [6.45, 7) is 8.66. The number of likely N-dealkylation sites (tertiary alicyclic amines) is 1. The van der Waals surface area contributed by atoms with E-state index in [0.29, 0.717) is 11.7 Å². The first kappa shape index (κ1) is 17.4. The van der Waals surface area contributed by atoms with Crippen molar-refractivity contribution in [3.63, 3.8) is 0 Å². The van der Waals surface area contributed by atoms with E-state index < -0.39 is 0 Å². The summed E-state index contributed by atoms with van der Waals surface area (Å²) in [4.78, 5) is 23.1. The van der Waals surface area contributed by atoms with Crippen molar-refractivity contribution in [2.75, 3.05) is 6.54 Å². The third-order valence-electron chi connectivity index (χ3n) is 4.43. The molecule has 1 aliphatic heterocycles. The second-order valence-corrected chi connectivity index (χ2v) is 7.51. The third-order valence-corrected chi connectivity index (χ3v) is 4.43. The second kappa shape index (κ2) is 6.82. The van der Waals surface area contributed by atoms with E-state index in [1.54, 1.807) is 12.4 Å². The lowest BCUT2D eigenvalue weighted by atomic mass is 9.96. The van der Waals surface area contributed by atoms with Crippen molar-refractivity contribution in [3.8, 4) is 0 Å². The van der Waals surface area contributed by atoms with Gasteiger partial charge in [0.15, 0.2) is 5.82 Å². The molecule has 3 rings (SSSR count). The predicted octanol–water partition coefficient (Wildman–Crippen LogP) is 3.37. The molecule has 2 atom stereocenters. The highest BCUT2D eigenvalue weighted by Gasteiger charge is 2.31. The molecule has 3 heterocycles. The van der Waals surface area contributed by atoms with Crippen molar-refractivity contribution in [2.24, 2.45) is 0 Å². The van der Waals surface area contributed by atoms with Crippen LogP contribution in [0.1, 0.15) is 69.9 Å². The zero-order chi connectivity index (χ0) is 18.0. The van der Waals surface area contributed by atoms with E-state index in [1.165, 1.54) is 0 Å². The summed E-state index contributed by atoms with van der Waals surface area (Å²) in [7, 11) is 0. The van der Waals surface area contributed by atoms with E-state index in [0.717, 1.165) is 24.9 Å². The van der Waals surface area contributed by atoms with Crippen LogP contribution in [-0.4, -0.2) is 32.6 Å². The van der Waals surface area contributed by atoms with Crippen LogP contribution in [-0.2, 0) is 5.41 Å². The zero-order valence-electron chi connectivity index (χ0n) is 15.2. The molecule has 1 N–H and O–H groups in total. The molecule has 25 heavy (non-hydrogen) atoms. The van der Waals surface area contributed by atoms with Gasteiger partial charge in [0.25, 0.3) is 0 Å². The Bertz CT molecular complexity index is 723. The van der Waals surface area contributed by atoms with Crippen LogP contribution in [0.4, 0.5) is 4.79 Å². The highest BCUT2D eigenvalue weighted by molar-refractivity contribution is 5.75. The Labute approximate surface area is 147 Å². The van der Waals surface area contributed by atoms with Crippen molar-refractivity contribution in [3.05, 3.63) is 41.8 Å². The Morgan fingerprint density at radius 3 is 2.72 bits per heavy atom. The maximum Gasteiger partial charge on any atom is 0.318 e. The topological polar surface area (TPSA) is 84.2 Å². The smallest absolute Gasteiger partial charge is 0.318 e. The van der Waals surface area contributed by atoms with Gasteiger partial charge in [0, 0.05) is 24.4 Å². The molecule has 0 spiro atoms. The van der Waals surface area contributed by atoms with E-state index in [4.69, 9.17) is 4.52 Å². The fraction of sp³-hybridized carbons (Fsp3) is 0.556. The molecule has 2 aromatic rings. The molecule has 0 aromatic carbocycles. The van der Waals surface area contributed by atoms with Gasteiger partial charge in [0.2, 0.25) is 5.89 Å². The van der Waals surface area contributed by atoms with Gasteiger partial charge >= 0.3 is 6.03 Å². The Morgan fingerprint density at radius 2 is 2.08 bits per heavy atom. The van der Waals surface area contributed by atoms with Crippen LogP contribution in [0.5, 0.6) is 0 Å². The Kier molecular flexibility index (Phi) is 4.74. The van der Waals surface area contributed by atoms with Gasteiger partial charge in [-0.3, -0.25) is 4.98 Å². The molecule has 1 saturated heterocycles. The number of amides is 2. The molecule has 1 fully saturated rings. The quantitative estimate of drug-likeness (QED) is 0.923. The van der Waals surface area contributed by atoms with Gasteiger partial charge < -0.3 is 14.7 Å². The lowest BCUT2D eigenvalue weighted by molar-refractivity contribution is 0.187. The minimum absolute atomic E-state index is 0.0861. The Hall–Kier alpha value is -2.44. The molecule has 0 saturated carbocycles. The number of carbonyl (C=O) groups excluding carboxylic acids is 1. The number of carbonyl (C=O) groups is 1. The van der Waals surface area contributed by atoms with Crippen LogP contribution >= 0.6 is 0 Å². The maximum absolute atomic E-state index is 12.7. The molecule has 2 amide bonds. The van der Waals surface area contributed by atoms with E-state index in [2.05, 4.69) is 20.4 Å². The number of rotatable bonds is 3. The summed E-state index contributed by atoms with van der Waals surface area (Å²) in [5, 5.41) is 7.00. The summed E-state index contributed by atoms with van der Waals surface area (Å²) >= 11 is 0. The maximum atomic E-state index is 12.7. The molecule has 0 bridgehead atoms. The van der Waals surface area contributed by atoms with Crippen molar-refractivity contribution < 1.29 is 9.32 Å². The molecular formula is C18H25N5O2. The van der Waals surface area contributed by atoms with E-state index in [1.807, 2.05) is 44.7 Å². The van der Waals surface area contributed by atoms with Crippen molar-refractivity contribution in [1.82, 2.24) is 25.3 Å². The van der Waals surface area contributed by atoms with Crippen LogP contribution < -0.4 is 5.32 Å². The average molecular weight is 343 g/mol. The number of hydrogen-bond acceptors (Lipinski definition) is 5. The number of nitrogens with one attached hydrogen (secondary N) is 1.